The monoisotopic (exact) mass is 292 g/mol. The van der Waals surface area contributed by atoms with Crippen LogP contribution in [0.15, 0.2) is 48.9 Å². The average Bonchev–Trinajstić information content (AvgIpc) is 3.23. The second kappa shape index (κ2) is 5.26. The van der Waals surface area contributed by atoms with Gasteiger partial charge in [0.25, 0.3) is 0 Å². The largest absolute Gasteiger partial charge is 0.326 e. The predicted octanol–water partition coefficient (Wildman–Crippen LogP) is 3.13. The van der Waals surface area contributed by atoms with Crippen LogP contribution in [-0.2, 0) is 4.79 Å². The summed E-state index contributed by atoms with van der Waals surface area (Å²) in [6.45, 7) is 0. The Bertz CT molecular complexity index is 785. The molecule has 1 N–H and O–H groups in total. The molecule has 1 amide bonds. The van der Waals surface area contributed by atoms with E-state index in [0.29, 0.717) is 18.1 Å². The van der Waals surface area contributed by atoms with Crippen LogP contribution in [0.4, 0.5) is 5.69 Å². The molecule has 0 aliphatic heterocycles. The molecule has 5 nitrogen and oxygen atoms in total. The number of aromatic nitrogens is 3. The molecule has 1 aromatic carbocycles. The topological polar surface area (TPSA) is 59.3 Å². The van der Waals surface area contributed by atoms with Gasteiger partial charge in [-0.05, 0) is 37.0 Å². The molecule has 0 saturated heterocycles. The predicted molar refractivity (Wildman–Crippen MR) is 84.4 cm³/mol. The Balaban J connectivity index is 1.51. The van der Waals surface area contributed by atoms with Gasteiger partial charge in [-0.2, -0.15) is 0 Å². The molecule has 1 aliphatic carbocycles. The zero-order valence-electron chi connectivity index (χ0n) is 12.1. The number of hydrogen-bond acceptors (Lipinski definition) is 3. The van der Waals surface area contributed by atoms with Crippen molar-refractivity contribution < 1.29 is 4.79 Å². The summed E-state index contributed by atoms with van der Waals surface area (Å²) in [6.07, 6.45) is 8.61. The van der Waals surface area contributed by atoms with Crippen molar-refractivity contribution in [2.24, 2.45) is 5.92 Å². The Labute approximate surface area is 128 Å². The first-order chi connectivity index (χ1) is 10.8. The number of nitrogens with one attached hydrogen (secondary N) is 1. The Kier molecular flexibility index (Phi) is 3.11. The molecule has 1 saturated carbocycles. The number of carbonyl (C=O) groups is 1. The Hall–Kier alpha value is -2.69. The zero-order valence-corrected chi connectivity index (χ0v) is 12.1. The minimum absolute atomic E-state index is 0.104. The van der Waals surface area contributed by atoms with E-state index in [-0.39, 0.29) is 5.91 Å². The lowest BCUT2D eigenvalue weighted by Gasteiger charge is -2.05. The number of rotatable bonds is 4. The number of carbonyl (C=O) groups excluding carboxylic acids is 1. The van der Waals surface area contributed by atoms with Gasteiger partial charge in [0.2, 0.25) is 11.7 Å². The number of hydrogen-bond donors (Lipinski definition) is 1. The molecular formula is C17H16N4O. The molecule has 0 atom stereocenters. The molecule has 1 fully saturated rings. The minimum Gasteiger partial charge on any atom is -0.326 e. The van der Waals surface area contributed by atoms with Crippen LogP contribution in [0.3, 0.4) is 0 Å². The molecule has 0 spiro atoms. The van der Waals surface area contributed by atoms with Gasteiger partial charge in [-0.25, -0.2) is 9.97 Å². The number of fused-ring (bicyclic) bond motifs is 1. The maximum absolute atomic E-state index is 11.8. The third kappa shape index (κ3) is 2.70. The SMILES string of the molecule is O=C(CC1CC1)Nc1ccc(-c2cn3cccnc3n2)cc1. The second-order valence-electron chi connectivity index (χ2n) is 5.73. The van der Waals surface area contributed by atoms with Gasteiger partial charge >= 0.3 is 0 Å². The molecule has 0 radical (unpaired) electrons. The minimum atomic E-state index is 0.104. The number of amides is 1. The van der Waals surface area contributed by atoms with Crippen LogP contribution in [0.5, 0.6) is 0 Å². The molecule has 110 valence electrons. The van der Waals surface area contributed by atoms with E-state index in [2.05, 4.69) is 15.3 Å². The maximum Gasteiger partial charge on any atom is 0.234 e. The summed E-state index contributed by atoms with van der Waals surface area (Å²) < 4.78 is 1.89. The standard InChI is InChI=1S/C17H16N4O/c22-16(10-12-2-3-12)19-14-6-4-13(5-7-14)15-11-21-9-1-8-18-17(21)20-15/h1,4-9,11-12H,2-3,10H2,(H,19,22). The molecule has 2 aromatic heterocycles. The van der Waals surface area contributed by atoms with Crippen molar-refractivity contribution in [3.05, 3.63) is 48.9 Å². The van der Waals surface area contributed by atoms with E-state index < -0.39 is 0 Å². The van der Waals surface area contributed by atoms with E-state index in [1.165, 1.54) is 12.8 Å². The number of benzene rings is 1. The fourth-order valence-corrected chi connectivity index (χ4v) is 2.49. The first-order valence-corrected chi connectivity index (χ1v) is 7.48. The van der Waals surface area contributed by atoms with E-state index in [9.17, 15) is 4.79 Å². The Morgan fingerprint density at radius 3 is 2.82 bits per heavy atom. The molecule has 5 heteroatoms. The van der Waals surface area contributed by atoms with Gasteiger partial charge in [0.15, 0.2) is 0 Å². The highest BCUT2D eigenvalue weighted by Crippen LogP contribution is 2.32. The van der Waals surface area contributed by atoms with Gasteiger partial charge in [0.05, 0.1) is 5.69 Å². The third-order valence-corrected chi connectivity index (χ3v) is 3.87. The van der Waals surface area contributed by atoms with Crippen LogP contribution in [0.2, 0.25) is 0 Å². The molecule has 0 unspecified atom stereocenters. The quantitative estimate of drug-likeness (QED) is 0.803. The molecule has 1 aliphatic rings. The molecule has 4 rings (SSSR count). The van der Waals surface area contributed by atoms with Crippen molar-refractivity contribution in [2.75, 3.05) is 5.32 Å². The summed E-state index contributed by atoms with van der Waals surface area (Å²) in [6, 6.07) is 9.63. The maximum atomic E-state index is 11.8. The summed E-state index contributed by atoms with van der Waals surface area (Å²) in [7, 11) is 0. The highest BCUT2D eigenvalue weighted by molar-refractivity contribution is 5.91. The van der Waals surface area contributed by atoms with Gasteiger partial charge < -0.3 is 5.32 Å². The lowest BCUT2D eigenvalue weighted by atomic mass is 10.1. The molecule has 2 heterocycles. The van der Waals surface area contributed by atoms with Crippen LogP contribution < -0.4 is 5.32 Å². The van der Waals surface area contributed by atoms with Crippen molar-refractivity contribution in [1.82, 2.24) is 14.4 Å². The molecule has 22 heavy (non-hydrogen) atoms. The summed E-state index contributed by atoms with van der Waals surface area (Å²) in [5.41, 5.74) is 2.71. The van der Waals surface area contributed by atoms with Crippen molar-refractivity contribution in [3.8, 4) is 11.3 Å². The lowest BCUT2D eigenvalue weighted by molar-refractivity contribution is -0.116. The fraction of sp³-hybridized carbons (Fsp3) is 0.235. The molecular weight excluding hydrogens is 276 g/mol. The molecule has 3 aromatic rings. The van der Waals surface area contributed by atoms with Crippen molar-refractivity contribution in [1.29, 1.82) is 0 Å². The highest BCUT2D eigenvalue weighted by atomic mass is 16.1. The van der Waals surface area contributed by atoms with Crippen LogP contribution in [-0.4, -0.2) is 20.3 Å². The number of anilines is 1. The summed E-state index contributed by atoms with van der Waals surface area (Å²) in [5, 5.41) is 2.94. The van der Waals surface area contributed by atoms with Crippen LogP contribution in [0.1, 0.15) is 19.3 Å². The first kappa shape index (κ1) is 13.0. The van der Waals surface area contributed by atoms with Gasteiger partial charge in [-0.3, -0.25) is 9.20 Å². The van der Waals surface area contributed by atoms with Gasteiger partial charge in [-0.1, -0.05) is 12.1 Å². The molecule has 0 bridgehead atoms. The zero-order chi connectivity index (χ0) is 14.9. The first-order valence-electron chi connectivity index (χ1n) is 7.48. The average molecular weight is 292 g/mol. The van der Waals surface area contributed by atoms with E-state index >= 15 is 0 Å². The summed E-state index contributed by atoms with van der Waals surface area (Å²) >= 11 is 0. The van der Waals surface area contributed by atoms with Gasteiger partial charge in [0, 0.05) is 36.3 Å². The van der Waals surface area contributed by atoms with Crippen LogP contribution >= 0.6 is 0 Å². The third-order valence-electron chi connectivity index (χ3n) is 3.87. The van der Waals surface area contributed by atoms with Gasteiger partial charge in [0.1, 0.15) is 0 Å². The van der Waals surface area contributed by atoms with E-state index in [0.717, 1.165) is 16.9 Å². The second-order valence-corrected chi connectivity index (χ2v) is 5.73. The Morgan fingerprint density at radius 2 is 2.09 bits per heavy atom. The smallest absolute Gasteiger partial charge is 0.234 e. The van der Waals surface area contributed by atoms with Crippen molar-refractivity contribution in [3.63, 3.8) is 0 Å². The van der Waals surface area contributed by atoms with E-state index in [4.69, 9.17) is 0 Å². The number of nitrogens with zero attached hydrogens (tertiary/aromatic N) is 3. The van der Waals surface area contributed by atoms with Gasteiger partial charge in [-0.15, -0.1) is 0 Å². The lowest BCUT2D eigenvalue weighted by Crippen LogP contribution is -2.11. The van der Waals surface area contributed by atoms with Crippen LogP contribution in [0.25, 0.3) is 17.0 Å². The number of imidazole rings is 1. The fourth-order valence-electron chi connectivity index (χ4n) is 2.49. The van der Waals surface area contributed by atoms with Crippen molar-refractivity contribution in [2.45, 2.75) is 19.3 Å². The normalized spacial score (nSPS) is 14.2. The highest BCUT2D eigenvalue weighted by Gasteiger charge is 2.24. The summed E-state index contributed by atoms with van der Waals surface area (Å²) in [4.78, 5) is 20.5. The van der Waals surface area contributed by atoms with Crippen LogP contribution in [0, 0.1) is 5.92 Å². The van der Waals surface area contributed by atoms with E-state index in [1.54, 1.807) is 6.20 Å². The Morgan fingerprint density at radius 1 is 1.27 bits per heavy atom. The van der Waals surface area contributed by atoms with Crippen molar-refractivity contribution >= 4 is 17.4 Å². The van der Waals surface area contributed by atoms with E-state index in [1.807, 2.05) is 47.1 Å². The summed E-state index contributed by atoms with van der Waals surface area (Å²) in [5.74, 6) is 1.39.